The topological polar surface area (TPSA) is 79.0 Å². The van der Waals surface area contributed by atoms with Gasteiger partial charge in [0, 0.05) is 25.0 Å². The predicted molar refractivity (Wildman–Crippen MR) is 109 cm³/mol. The molecule has 0 saturated carbocycles. The van der Waals surface area contributed by atoms with E-state index in [0.717, 1.165) is 21.8 Å². The average Bonchev–Trinajstić information content (AvgIpc) is 3.22. The number of ether oxygens (including phenoxy) is 1. The zero-order valence-electron chi connectivity index (χ0n) is 16.3. The van der Waals surface area contributed by atoms with Gasteiger partial charge < -0.3 is 15.0 Å². The van der Waals surface area contributed by atoms with E-state index in [1.165, 1.54) is 21.3 Å². The molecule has 3 rings (SSSR count). The Labute approximate surface area is 174 Å². The molecule has 0 bridgehead atoms. The van der Waals surface area contributed by atoms with Gasteiger partial charge in [-0.1, -0.05) is 12.1 Å². The summed E-state index contributed by atoms with van der Waals surface area (Å²) < 4.78 is 45.3. The second-order valence-electron chi connectivity index (χ2n) is 6.73. The van der Waals surface area contributed by atoms with Crippen molar-refractivity contribution in [3.63, 3.8) is 0 Å². The van der Waals surface area contributed by atoms with Gasteiger partial charge in [0.05, 0.1) is 25.8 Å². The minimum atomic E-state index is -3.53. The van der Waals surface area contributed by atoms with E-state index in [1.807, 2.05) is 6.92 Å². The quantitative estimate of drug-likeness (QED) is 0.748. The van der Waals surface area contributed by atoms with E-state index in [-0.39, 0.29) is 28.6 Å². The first kappa shape index (κ1) is 21.7. The van der Waals surface area contributed by atoms with Gasteiger partial charge in [0.2, 0.25) is 0 Å². The van der Waals surface area contributed by atoms with E-state index in [9.17, 15) is 17.6 Å². The Hall–Kier alpha value is -2.01. The minimum Gasteiger partial charge on any atom is -0.379 e. The number of halogens is 1. The Morgan fingerprint density at radius 1 is 1.24 bits per heavy atom. The molecule has 0 spiro atoms. The van der Waals surface area contributed by atoms with Crippen LogP contribution in [0.4, 0.5) is 9.18 Å². The van der Waals surface area contributed by atoms with Crippen molar-refractivity contribution in [2.75, 3.05) is 33.4 Å². The third-order valence-corrected chi connectivity index (χ3v) is 8.32. The lowest BCUT2D eigenvalue weighted by Gasteiger charge is -2.25. The van der Waals surface area contributed by atoms with Crippen molar-refractivity contribution in [2.45, 2.75) is 23.7 Å². The Bertz CT molecular complexity index is 941. The molecule has 1 aromatic heterocycles. The SMILES string of the molecule is C[C@H](c1ccc(F)cc1)N(C)C(=O)NCc1ccc(S(=O)(=O)N2CCOCC2)s1. The summed E-state index contributed by atoms with van der Waals surface area (Å²) in [7, 11) is -1.87. The molecule has 0 aliphatic carbocycles. The predicted octanol–water partition coefficient (Wildman–Crippen LogP) is 2.81. The van der Waals surface area contributed by atoms with Gasteiger partial charge in [-0.25, -0.2) is 17.6 Å². The van der Waals surface area contributed by atoms with Crippen LogP contribution in [0, 0.1) is 5.82 Å². The van der Waals surface area contributed by atoms with Crippen molar-refractivity contribution < 1.29 is 22.3 Å². The number of sulfonamides is 1. The van der Waals surface area contributed by atoms with Crippen LogP contribution < -0.4 is 5.32 Å². The van der Waals surface area contributed by atoms with Crippen molar-refractivity contribution in [3.8, 4) is 0 Å². The number of amides is 2. The number of carbonyl (C=O) groups excluding carboxylic acids is 1. The molecule has 10 heteroatoms. The van der Waals surface area contributed by atoms with Crippen molar-refractivity contribution in [1.29, 1.82) is 0 Å². The highest BCUT2D eigenvalue weighted by Crippen LogP contribution is 2.26. The fraction of sp³-hybridized carbons (Fsp3) is 0.421. The molecule has 7 nitrogen and oxygen atoms in total. The van der Waals surface area contributed by atoms with E-state index >= 15 is 0 Å². The normalized spacial score (nSPS) is 16.4. The molecule has 158 valence electrons. The third kappa shape index (κ3) is 5.13. The Morgan fingerprint density at radius 3 is 2.55 bits per heavy atom. The van der Waals surface area contributed by atoms with E-state index in [4.69, 9.17) is 4.74 Å². The lowest BCUT2D eigenvalue weighted by molar-refractivity contribution is 0.0731. The molecule has 1 aliphatic rings. The monoisotopic (exact) mass is 441 g/mol. The Morgan fingerprint density at radius 2 is 1.90 bits per heavy atom. The van der Waals surface area contributed by atoms with Gasteiger partial charge in [-0.3, -0.25) is 0 Å². The molecule has 0 unspecified atom stereocenters. The van der Waals surface area contributed by atoms with Gasteiger partial charge in [0.15, 0.2) is 0 Å². The van der Waals surface area contributed by atoms with Crippen LogP contribution in [-0.4, -0.2) is 57.0 Å². The van der Waals surface area contributed by atoms with Crippen molar-refractivity contribution in [1.82, 2.24) is 14.5 Å². The molecule has 2 heterocycles. The molecule has 1 aliphatic heterocycles. The molecule has 1 atom stereocenters. The summed E-state index contributed by atoms with van der Waals surface area (Å²) in [5.74, 6) is -0.325. The maximum absolute atomic E-state index is 13.1. The average molecular weight is 442 g/mol. The zero-order valence-corrected chi connectivity index (χ0v) is 17.9. The first-order valence-electron chi connectivity index (χ1n) is 9.22. The lowest BCUT2D eigenvalue weighted by Crippen LogP contribution is -2.40. The molecule has 1 aromatic carbocycles. The standard InChI is InChI=1S/C19H24FN3O4S2/c1-14(15-3-5-16(20)6-4-15)22(2)19(24)21-13-17-7-8-18(28-17)29(25,26)23-9-11-27-12-10-23/h3-8,14H,9-13H2,1-2H3,(H,21,24)/t14-/m1/s1. The summed E-state index contributed by atoms with van der Waals surface area (Å²) in [5, 5.41) is 2.80. The van der Waals surface area contributed by atoms with Crippen molar-refractivity contribution in [2.24, 2.45) is 0 Å². The molecule has 1 N–H and O–H groups in total. The second kappa shape index (κ2) is 9.21. The van der Waals surface area contributed by atoms with Gasteiger partial charge in [-0.2, -0.15) is 4.31 Å². The van der Waals surface area contributed by atoms with Crippen LogP contribution in [0.5, 0.6) is 0 Å². The van der Waals surface area contributed by atoms with E-state index in [1.54, 1.807) is 31.3 Å². The molecule has 2 amide bonds. The lowest BCUT2D eigenvalue weighted by atomic mass is 10.1. The maximum atomic E-state index is 13.1. The Balaban J connectivity index is 1.58. The van der Waals surface area contributed by atoms with E-state index < -0.39 is 10.0 Å². The first-order chi connectivity index (χ1) is 13.8. The van der Waals surface area contributed by atoms with Gasteiger partial charge in [0.1, 0.15) is 10.0 Å². The smallest absolute Gasteiger partial charge is 0.317 e. The van der Waals surface area contributed by atoms with Gasteiger partial charge in [-0.15, -0.1) is 11.3 Å². The van der Waals surface area contributed by atoms with Crippen molar-refractivity contribution in [3.05, 3.63) is 52.7 Å². The van der Waals surface area contributed by atoms with Gasteiger partial charge >= 0.3 is 6.03 Å². The molecular weight excluding hydrogens is 417 g/mol. The highest BCUT2D eigenvalue weighted by atomic mass is 32.2. The number of nitrogens with one attached hydrogen (secondary N) is 1. The molecular formula is C19H24FN3O4S2. The fourth-order valence-corrected chi connectivity index (χ4v) is 5.79. The maximum Gasteiger partial charge on any atom is 0.317 e. The molecule has 1 fully saturated rings. The second-order valence-corrected chi connectivity index (χ2v) is 10.1. The van der Waals surface area contributed by atoms with E-state index in [2.05, 4.69) is 5.32 Å². The summed E-state index contributed by atoms with van der Waals surface area (Å²) in [4.78, 5) is 14.7. The number of hydrogen-bond acceptors (Lipinski definition) is 5. The number of urea groups is 1. The molecule has 1 saturated heterocycles. The van der Waals surface area contributed by atoms with Crippen LogP contribution in [0.15, 0.2) is 40.6 Å². The van der Waals surface area contributed by atoms with Crippen LogP contribution in [0.3, 0.4) is 0 Å². The largest absolute Gasteiger partial charge is 0.379 e. The summed E-state index contributed by atoms with van der Waals surface area (Å²) in [5.41, 5.74) is 0.819. The van der Waals surface area contributed by atoms with Gasteiger partial charge in [0.25, 0.3) is 10.0 Å². The minimum absolute atomic E-state index is 0.225. The third-order valence-electron chi connectivity index (χ3n) is 4.87. The number of nitrogens with zero attached hydrogens (tertiary/aromatic N) is 2. The summed E-state index contributed by atoms with van der Waals surface area (Å²) >= 11 is 1.15. The molecule has 2 aromatic rings. The Kier molecular flexibility index (Phi) is 6.89. The summed E-state index contributed by atoms with van der Waals surface area (Å²) in [6.45, 7) is 3.56. The van der Waals surface area contributed by atoms with Crippen LogP contribution >= 0.6 is 11.3 Å². The summed E-state index contributed by atoms with van der Waals surface area (Å²) in [6, 6.07) is 8.75. The van der Waals surface area contributed by atoms with Gasteiger partial charge in [-0.05, 0) is 36.8 Å². The number of morpholine rings is 1. The number of rotatable bonds is 6. The highest BCUT2D eigenvalue weighted by Gasteiger charge is 2.27. The highest BCUT2D eigenvalue weighted by molar-refractivity contribution is 7.91. The number of hydrogen-bond donors (Lipinski definition) is 1. The van der Waals surface area contributed by atoms with E-state index in [0.29, 0.717) is 26.3 Å². The molecule has 0 radical (unpaired) electrons. The zero-order chi connectivity index (χ0) is 21.0. The number of benzene rings is 1. The summed E-state index contributed by atoms with van der Waals surface area (Å²) in [6.07, 6.45) is 0. The number of carbonyl (C=O) groups is 1. The van der Waals surface area contributed by atoms with Crippen LogP contribution in [-0.2, 0) is 21.3 Å². The fourth-order valence-electron chi connectivity index (χ4n) is 2.93. The molecule has 29 heavy (non-hydrogen) atoms. The van der Waals surface area contributed by atoms with Crippen molar-refractivity contribution >= 4 is 27.4 Å². The first-order valence-corrected chi connectivity index (χ1v) is 11.5. The number of thiophene rings is 1. The van der Waals surface area contributed by atoms with Crippen LogP contribution in [0.2, 0.25) is 0 Å². The van der Waals surface area contributed by atoms with Crippen LogP contribution in [0.1, 0.15) is 23.4 Å². The van der Waals surface area contributed by atoms with Crippen LogP contribution in [0.25, 0.3) is 0 Å².